The van der Waals surface area contributed by atoms with Crippen molar-refractivity contribution in [3.63, 3.8) is 0 Å². The average Bonchev–Trinajstić information content (AvgIpc) is 2.36. The molecular weight excluding hydrogens is 142 g/mol. The van der Waals surface area contributed by atoms with Crippen molar-refractivity contribution >= 4 is 0 Å². The van der Waals surface area contributed by atoms with Gasteiger partial charge in [0.05, 0.1) is 18.1 Å². The summed E-state index contributed by atoms with van der Waals surface area (Å²) in [6.45, 7) is 2.36. The second-order valence-electron chi connectivity index (χ2n) is 2.51. The van der Waals surface area contributed by atoms with Crippen LogP contribution >= 0.6 is 0 Å². The third kappa shape index (κ3) is 1.78. The summed E-state index contributed by atoms with van der Waals surface area (Å²) in [5, 5.41) is 9.43. The van der Waals surface area contributed by atoms with E-state index in [1.807, 2.05) is 6.92 Å². The molecule has 0 unspecified atom stereocenters. The number of H-pyrrole nitrogens is 1. The summed E-state index contributed by atoms with van der Waals surface area (Å²) in [6.07, 6.45) is 1.61. The van der Waals surface area contributed by atoms with Gasteiger partial charge in [0, 0.05) is 5.69 Å². The number of aryl methyl sites for hydroxylation is 1. The van der Waals surface area contributed by atoms with Crippen LogP contribution in [-0.2, 0) is 0 Å². The molecule has 0 aliphatic rings. The Morgan fingerprint density at radius 2 is 2.55 bits per heavy atom. The van der Waals surface area contributed by atoms with E-state index in [0.29, 0.717) is 18.7 Å². The normalized spacial score (nSPS) is 13.4. The van der Waals surface area contributed by atoms with E-state index >= 15 is 0 Å². The fourth-order valence-electron chi connectivity index (χ4n) is 1.000. The largest absolute Gasteiger partial charge is 0.387 e. The van der Waals surface area contributed by atoms with Crippen molar-refractivity contribution in [3.8, 4) is 0 Å². The SMILES string of the molecule is Cc1[nH]cnc1[C@@H](O)CCN. The molecule has 1 rings (SSSR count). The Bertz CT molecular complexity index is 221. The van der Waals surface area contributed by atoms with Crippen LogP contribution in [0.3, 0.4) is 0 Å². The van der Waals surface area contributed by atoms with Gasteiger partial charge in [0.1, 0.15) is 0 Å². The van der Waals surface area contributed by atoms with E-state index in [1.54, 1.807) is 6.33 Å². The number of nitrogens with one attached hydrogen (secondary N) is 1. The Hall–Kier alpha value is -0.870. The van der Waals surface area contributed by atoms with Gasteiger partial charge in [-0.1, -0.05) is 0 Å². The van der Waals surface area contributed by atoms with E-state index in [-0.39, 0.29) is 0 Å². The zero-order valence-electron chi connectivity index (χ0n) is 6.54. The number of hydrogen-bond acceptors (Lipinski definition) is 3. The van der Waals surface area contributed by atoms with E-state index in [2.05, 4.69) is 9.97 Å². The highest BCUT2D eigenvalue weighted by Crippen LogP contribution is 2.15. The number of imidazole rings is 1. The van der Waals surface area contributed by atoms with Crippen LogP contribution in [0.1, 0.15) is 23.9 Å². The molecule has 0 radical (unpaired) electrons. The Labute approximate surface area is 65.5 Å². The molecule has 0 spiro atoms. The first-order chi connectivity index (χ1) is 5.25. The van der Waals surface area contributed by atoms with Gasteiger partial charge in [-0.2, -0.15) is 0 Å². The number of aliphatic hydroxyl groups is 1. The van der Waals surface area contributed by atoms with E-state index in [0.717, 1.165) is 5.69 Å². The maximum atomic E-state index is 9.43. The van der Waals surface area contributed by atoms with Crippen molar-refractivity contribution in [1.29, 1.82) is 0 Å². The summed E-state index contributed by atoms with van der Waals surface area (Å²) >= 11 is 0. The fourth-order valence-corrected chi connectivity index (χ4v) is 1.000. The average molecular weight is 155 g/mol. The second-order valence-corrected chi connectivity index (χ2v) is 2.51. The topological polar surface area (TPSA) is 74.9 Å². The number of nitrogens with two attached hydrogens (primary N) is 1. The molecule has 1 aromatic heterocycles. The maximum absolute atomic E-state index is 9.43. The van der Waals surface area contributed by atoms with Crippen LogP contribution in [0.25, 0.3) is 0 Å². The first kappa shape index (κ1) is 8.23. The molecule has 4 heteroatoms. The number of rotatable bonds is 3. The van der Waals surface area contributed by atoms with Crippen LogP contribution in [0, 0.1) is 6.92 Å². The van der Waals surface area contributed by atoms with Gasteiger partial charge in [-0.3, -0.25) is 0 Å². The maximum Gasteiger partial charge on any atom is 0.0990 e. The number of nitrogens with zero attached hydrogens (tertiary/aromatic N) is 1. The minimum Gasteiger partial charge on any atom is -0.387 e. The fraction of sp³-hybridized carbons (Fsp3) is 0.571. The zero-order valence-corrected chi connectivity index (χ0v) is 6.54. The molecule has 0 amide bonds. The Balaban J connectivity index is 2.67. The number of aromatic nitrogens is 2. The molecule has 4 nitrogen and oxygen atoms in total. The smallest absolute Gasteiger partial charge is 0.0990 e. The van der Waals surface area contributed by atoms with E-state index in [1.165, 1.54) is 0 Å². The molecule has 0 fully saturated rings. The molecular formula is C7H13N3O. The molecule has 4 N–H and O–H groups in total. The molecule has 0 saturated heterocycles. The Morgan fingerprint density at radius 3 is 3.00 bits per heavy atom. The third-order valence-corrected chi connectivity index (χ3v) is 1.62. The van der Waals surface area contributed by atoms with Gasteiger partial charge in [0.15, 0.2) is 0 Å². The van der Waals surface area contributed by atoms with Crippen LogP contribution in [0.4, 0.5) is 0 Å². The van der Waals surface area contributed by atoms with E-state index < -0.39 is 6.10 Å². The lowest BCUT2D eigenvalue weighted by molar-refractivity contribution is 0.165. The summed E-state index contributed by atoms with van der Waals surface area (Å²) in [6, 6.07) is 0. The van der Waals surface area contributed by atoms with Gasteiger partial charge in [0.2, 0.25) is 0 Å². The number of hydrogen-bond donors (Lipinski definition) is 3. The Morgan fingerprint density at radius 1 is 1.82 bits per heavy atom. The van der Waals surface area contributed by atoms with Gasteiger partial charge in [0.25, 0.3) is 0 Å². The van der Waals surface area contributed by atoms with Crippen molar-refractivity contribution in [2.75, 3.05) is 6.54 Å². The lowest BCUT2D eigenvalue weighted by Crippen LogP contribution is -2.07. The highest BCUT2D eigenvalue weighted by Gasteiger charge is 2.10. The molecule has 1 atom stereocenters. The number of aromatic amines is 1. The molecule has 0 saturated carbocycles. The second kappa shape index (κ2) is 3.50. The molecule has 11 heavy (non-hydrogen) atoms. The molecule has 0 bridgehead atoms. The van der Waals surface area contributed by atoms with Crippen molar-refractivity contribution in [3.05, 3.63) is 17.7 Å². The Kier molecular flexibility index (Phi) is 2.62. The lowest BCUT2D eigenvalue weighted by atomic mass is 10.1. The van der Waals surface area contributed by atoms with Crippen molar-refractivity contribution in [2.45, 2.75) is 19.4 Å². The first-order valence-electron chi connectivity index (χ1n) is 3.63. The molecule has 0 aliphatic carbocycles. The van der Waals surface area contributed by atoms with Crippen molar-refractivity contribution < 1.29 is 5.11 Å². The van der Waals surface area contributed by atoms with Gasteiger partial charge in [-0.25, -0.2) is 4.98 Å². The molecule has 1 heterocycles. The van der Waals surface area contributed by atoms with Crippen LogP contribution in [-0.4, -0.2) is 21.6 Å². The van der Waals surface area contributed by atoms with E-state index in [4.69, 9.17) is 5.73 Å². The van der Waals surface area contributed by atoms with E-state index in [9.17, 15) is 5.11 Å². The minimum absolute atomic E-state index is 0.480. The quantitative estimate of drug-likeness (QED) is 0.579. The zero-order chi connectivity index (χ0) is 8.27. The number of aliphatic hydroxyl groups excluding tert-OH is 1. The predicted molar refractivity (Wildman–Crippen MR) is 42.0 cm³/mol. The van der Waals surface area contributed by atoms with Crippen LogP contribution < -0.4 is 5.73 Å². The van der Waals surface area contributed by atoms with Gasteiger partial charge < -0.3 is 15.8 Å². The summed E-state index contributed by atoms with van der Waals surface area (Å²) in [5.74, 6) is 0. The van der Waals surface area contributed by atoms with Crippen molar-refractivity contribution in [2.24, 2.45) is 5.73 Å². The molecule has 1 aromatic rings. The highest BCUT2D eigenvalue weighted by atomic mass is 16.3. The highest BCUT2D eigenvalue weighted by molar-refractivity contribution is 5.11. The molecule has 0 aliphatic heterocycles. The standard InChI is InChI=1S/C7H13N3O/c1-5-7(10-4-9-5)6(11)2-3-8/h4,6,11H,2-3,8H2,1H3,(H,9,10)/t6-/m0/s1. The summed E-state index contributed by atoms with van der Waals surface area (Å²) < 4.78 is 0. The lowest BCUT2D eigenvalue weighted by Gasteiger charge is -2.05. The minimum atomic E-state index is -0.522. The summed E-state index contributed by atoms with van der Waals surface area (Å²) in [4.78, 5) is 6.87. The van der Waals surface area contributed by atoms with Crippen LogP contribution in [0.5, 0.6) is 0 Å². The van der Waals surface area contributed by atoms with Gasteiger partial charge in [-0.05, 0) is 19.9 Å². The monoisotopic (exact) mass is 155 g/mol. The van der Waals surface area contributed by atoms with Crippen LogP contribution in [0.15, 0.2) is 6.33 Å². The molecule has 62 valence electrons. The van der Waals surface area contributed by atoms with Gasteiger partial charge in [-0.15, -0.1) is 0 Å². The molecule has 0 aromatic carbocycles. The summed E-state index contributed by atoms with van der Waals surface area (Å²) in [7, 11) is 0. The van der Waals surface area contributed by atoms with Gasteiger partial charge >= 0.3 is 0 Å². The van der Waals surface area contributed by atoms with Crippen molar-refractivity contribution in [1.82, 2.24) is 9.97 Å². The third-order valence-electron chi connectivity index (χ3n) is 1.62. The summed E-state index contributed by atoms with van der Waals surface area (Å²) in [5.41, 5.74) is 6.90. The predicted octanol–water partition coefficient (Wildman–Crippen LogP) is 0.100. The van der Waals surface area contributed by atoms with Crippen LogP contribution in [0.2, 0.25) is 0 Å². The first-order valence-corrected chi connectivity index (χ1v) is 3.63.